The Morgan fingerprint density at radius 3 is 1.38 bits per heavy atom. The Labute approximate surface area is 233 Å². The van der Waals surface area contributed by atoms with Crippen molar-refractivity contribution in [3.63, 3.8) is 0 Å². The van der Waals surface area contributed by atoms with Gasteiger partial charge in [-0.3, -0.25) is 4.52 Å². The van der Waals surface area contributed by atoms with Crippen molar-refractivity contribution in [3.05, 3.63) is 108 Å². The molecule has 1 heterocycles. The summed E-state index contributed by atoms with van der Waals surface area (Å²) in [5.74, 6) is -2.13. The molecule has 11 heteroatoms. The SMILES string of the molecule is COP(OC)O[C@@H]1O[C@@H](C)[C@@H](OC(=O)c2ccccc2)[C@@H](OC(=O)c2ccccc2)[C@@H]1OC(=O)c1ccccc1. The molecule has 3 aromatic rings. The van der Waals surface area contributed by atoms with E-state index in [1.165, 1.54) is 14.2 Å². The lowest BCUT2D eigenvalue weighted by molar-refractivity contribution is -0.268. The van der Waals surface area contributed by atoms with Crippen LogP contribution in [0, 0.1) is 0 Å². The van der Waals surface area contributed by atoms with Gasteiger partial charge in [0.25, 0.3) is 0 Å². The van der Waals surface area contributed by atoms with E-state index in [4.69, 9.17) is 32.5 Å². The van der Waals surface area contributed by atoms with Crippen molar-refractivity contribution in [1.82, 2.24) is 0 Å². The summed E-state index contributed by atoms with van der Waals surface area (Å²) < 4.78 is 39.9. The van der Waals surface area contributed by atoms with Crippen LogP contribution in [0.15, 0.2) is 91.0 Å². The predicted molar refractivity (Wildman–Crippen MR) is 143 cm³/mol. The van der Waals surface area contributed by atoms with Gasteiger partial charge in [-0.2, -0.15) is 0 Å². The lowest BCUT2D eigenvalue weighted by Crippen LogP contribution is -2.61. The number of hydrogen-bond donors (Lipinski definition) is 0. The highest BCUT2D eigenvalue weighted by molar-refractivity contribution is 7.41. The van der Waals surface area contributed by atoms with E-state index in [-0.39, 0.29) is 16.7 Å². The number of hydrogen-bond acceptors (Lipinski definition) is 10. The largest absolute Gasteiger partial charge is 0.452 e. The molecule has 10 nitrogen and oxygen atoms in total. The molecule has 1 fully saturated rings. The van der Waals surface area contributed by atoms with Gasteiger partial charge >= 0.3 is 26.5 Å². The molecular weight excluding hydrogens is 539 g/mol. The van der Waals surface area contributed by atoms with E-state index in [9.17, 15) is 14.4 Å². The Kier molecular flexibility index (Phi) is 10.3. The summed E-state index contributed by atoms with van der Waals surface area (Å²) in [7, 11) is 0.839. The van der Waals surface area contributed by atoms with E-state index in [2.05, 4.69) is 0 Å². The summed E-state index contributed by atoms with van der Waals surface area (Å²) >= 11 is 0. The van der Waals surface area contributed by atoms with Crippen LogP contribution in [0.5, 0.6) is 0 Å². The fraction of sp³-hybridized carbons (Fsp3) is 0.276. The van der Waals surface area contributed by atoms with Crippen LogP contribution < -0.4 is 0 Å². The number of ether oxygens (including phenoxy) is 4. The van der Waals surface area contributed by atoms with Crippen molar-refractivity contribution in [1.29, 1.82) is 0 Å². The maximum Gasteiger partial charge on any atom is 0.338 e. The smallest absolute Gasteiger partial charge is 0.338 e. The zero-order chi connectivity index (χ0) is 28.5. The van der Waals surface area contributed by atoms with Crippen LogP contribution in [0.25, 0.3) is 0 Å². The second-order valence-electron chi connectivity index (χ2n) is 8.61. The third kappa shape index (κ3) is 7.29. The highest BCUT2D eigenvalue weighted by Crippen LogP contribution is 2.43. The number of rotatable bonds is 10. The van der Waals surface area contributed by atoms with Gasteiger partial charge in [-0.15, -0.1) is 0 Å². The minimum Gasteiger partial charge on any atom is -0.452 e. The van der Waals surface area contributed by atoms with Crippen LogP contribution in [0.3, 0.4) is 0 Å². The number of esters is 3. The Morgan fingerprint density at radius 1 is 0.600 bits per heavy atom. The second kappa shape index (κ2) is 14.1. The normalized spacial score (nSPS) is 22.4. The van der Waals surface area contributed by atoms with Gasteiger partial charge in [-0.25, -0.2) is 14.4 Å². The molecule has 0 N–H and O–H groups in total. The summed E-state index contributed by atoms with van der Waals surface area (Å²) in [5, 5.41) is 0. The molecule has 0 spiro atoms. The summed E-state index contributed by atoms with van der Waals surface area (Å²) in [6.45, 7) is 1.62. The molecule has 0 unspecified atom stereocenters. The number of benzene rings is 3. The number of carbonyl (C=O) groups is 3. The molecule has 5 atom stereocenters. The Morgan fingerprint density at radius 2 is 0.975 bits per heavy atom. The van der Waals surface area contributed by atoms with E-state index in [0.717, 1.165) is 0 Å². The Balaban J connectivity index is 1.71. The quantitative estimate of drug-likeness (QED) is 0.189. The lowest BCUT2D eigenvalue weighted by atomic mass is 9.98. The van der Waals surface area contributed by atoms with E-state index < -0.39 is 57.2 Å². The Hall–Kier alpha value is -3.66. The van der Waals surface area contributed by atoms with Gasteiger partial charge in [0.15, 0.2) is 18.3 Å². The molecule has 1 aliphatic rings. The first-order valence-corrected chi connectivity index (χ1v) is 13.5. The summed E-state index contributed by atoms with van der Waals surface area (Å²) in [5.41, 5.74) is 0.768. The van der Waals surface area contributed by atoms with E-state index in [1.54, 1.807) is 97.9 Å². The van der Waals surface area contributed by atoms with Crippen LogP contribution in [-0.4, -0.2) is 62.8 Å². The van der Waals surface area contributed by atoms with Crippen molar-refractivity contribution < 1.29 is 46.9 Å². The summed E-state index contributed by atoms with van der Waals surface area (Å²) in [6.07, 6.45) is -6.03. The van der Waals surface area contributed by atoms with Crippen LogP contribution in [-0.2, 0) is 32.5 Å². The molecule has 40 heavy (non-hydrogen) atoms. The molecule has 0 saturated carbocycles. The molecular formula is C29H29O10P. The molecule has 0 amide bonds. The predicted octanol–water partition coefficient (Wildman–Crippen LogP) is 4.94. The zero-order valence-corrected chi connectivity index (χ0v) is 23.0. The van der Waals surface area contributed by atoms with Crippen LogP contribution in [0.2, 0.25) is 0 Å². The zero-order valence-electron chi connectivity index (χ0n) is 22.1. The molecule has 1 aliphatic heterocycles. The van der Waals surface area contributed by atoms with Gasteiger partial charge in [0.1, 0.15) is 0 Å². The minimum atomic E-state index is -1.92. The summed E-state index contributed by atoms with van der Waals surface area (Å²) in [6, 6.07) is 24.8. The average molecular weight is 569 g/mol. The number of carbonyl (C=O) groups excluding carboxylic acids is 3. The van der Waals surface area contributed by atoms with Crippen molar-refractivity contribution >= 4 is 26.5 Å². The standard InChI is InChI=1S/C29H29O10P/c1-19-23(36-26(30)20-13-7-4-8-14-20)24(37-27(31)21-15-9-5-10-16-21)25(29(35-19)39-40(33-2)34-3)38-28(32)22-17-11-6-12-18-22/h4-19,23-25,29H,1-3H3/t19-,23+,24+,25-,29-/m0/s1. The molecule has 4 rings (SSSR count). The third-order valence-corrected chi connectivity index (χ3v) is 6.95. The van der Waals surface area contributed by atoms with Gasteiger partial charge in [0, 0.05) is 14.2 Å². The van der Waals surface area contributed by atoms with Gasteiger partial charge in [-0.1, -0.05) is 54.6 Å². The highest BCUT2D eigenvalue weighted by atomic mass is 31.2. The second-order valence-corrected chi connectivity index (χ2v) is 10.00. The average Bonchev–Trinajstić information content (AvgIpc) is 3.00. The van der Waals surface area contributed by atoms with Crippen LogP contribution in [0.4, 0.5) is 0 Å². The van der Waals surface area contributed by atoms with Crippen LogP contribution >= 0.6 is 8.60 Å². The molecule has 0 radical (unpaired) electrons. The van der Waals surface area contributed by atoms with Crippen molar-refractivity contribution in [2.24, 2.45) is 0 Å². The molecule has 0 bridgehead atoms. The van der Waals surface area contributed by atoms with Crippen molar-refractivity contribution in [3.8, 4) is 0 Å². The van der Waals surface area contributed by atoms with Crippen LogP contribution in [0.1, 0.15) is 38.0 Å². The molecule has 1 saturated heterocycles. The van der Waals surface area contributed by atoms with Gasteiger partial charge in [-0.05, 0) is 43.3 Å². The highest BCUT2D eigenvalue weighted by Gasteiger charge is 2.52. The lowest BCUT2D eigenvalue weighted by Gasteiger charge is -2.43. The molecule has 0 aliphatic carbocycles. The van der Waals surface area contributed by atoms with Gasteiger partial charge < -0.3 is 28.0 Å². The monoisotopic (exact) mass is 568 g/mol. The molecule has 210 valence electrons. The fourth-order valence-electron chi connectivity index (χ4n) is 4.02. The van der Waals surface area contributed by atoms with Crippen molar-refractivity contribution in [2.75, 3.05) is 14.2 Å². The topological polar surface area (TPSA) is 116 Å². The van der Waals surface area contributed by atoms with E-state index >= 15 is 0 Å². The van der Waals surface area contributed by atoms with Gasteiger partial charge in [0.2, 0.25) is 6.29 Å². The third-order valence-electron chi connectivity index (χ3n) is 5.97. The first-order chi connectivity index (χ1) is 19.4. The maximum atomic E-state index is 13.2. The summed E-state index contributed by atoms with van der Waals surface area (Å²) in [4.78, 5) is 39.5. The van der Waals surface area contributed by atoms with E-state index in [1.807, 2.05) is 0 Å². The minimum absolute atomic E-state index is 0.242. The fourth-order valence-corrected chi connectivity index (χ4v) is 4.68. The maximum absolute atomic E-state index is 13.2. The first kappa shape index (κ1) is 29.3. The van der Waals surface area contributed by atoms with Crippen molar-refractivity contribution in [2.45, 2.75) is 37.6 Å². The molecule has 0 aromatic heterocycles. The molecule has 3 aromatic carbocycles. The Bertz CT molecular complexity index is 1250. The van der Waals surface area contributed by atoms with Gasteiger partial charge in [0.05, 0.1) is 22.8 Å². The van der Waals surface area contributed by atoms with E-state index in [0.29, 0.717) is 0 Å². The first-order valence-electron chi connectivity index (χ1n) is 12.4.